The van der Waals surface area contributed by atoms with Crippen LogP contribution < -0.4 is 15.8 Å². The lowest BCUT2D eigenvalue weighted by Gasteiger charge is -2.11. The van der Waals surface area contributed by atoms with Crippen molar-refractivity contribution < 1.29 is 13.9 Å². The van der Waals surface area contributed by atoms with E-state index in [2.05, 4.69) is 5.32 Å². The fraction of sp³-hybridized carbons (Fsp3) is 0.417. The molecule has 1 amide bonds. The van der Waals surface area contributed by atoms with Crippen molar-refractivity contribution in [2.45, 2.75) is 19.4 Å². The smallest absolute Gasteiger partial charge is 0.224 e. The summed E-state index contributed by atoms with van der Waals surface area (Å²) in [6.07, 6.45) is 0.130. The highest BCUT2D eigenvalue weighted by atomic mass is 19.1. The highest BCUT2D eigenvalue weighted by molar-refractivity contribution is 5.78. The zero-order valence-corrected chi connectivity index (χ0v) is 10.00. The number of benzene rings is 1. The van der Waals surface area contributed by atoms with Crippen molar-refractivity contribution in [1.82, 2.24) is 5.32 Å². The molecule has 0 spiro atoms. The van der Waals surface area contributed by atoms with Crippen molar-refractivity contribution in [3.63, 3.8) is 0 Å². The summed E-state index contributed by atoms with van der Waals surface area (Å²) in [5, 5.41) is 2.71. The molecule has 0 aliphatic heterocycles. The van der Waals surface area contributed by atoms with Crippen LogP contribution in [0.3, 0.4) is 0 Å². The number of nitrogens with one attached hydrogen (secondary N) is 1. The topological polar surface area (TPSA) is 64.3 Å². The second-order valence-electron chi connectivity index (χ2n) is 3.85. The largest absolute Gasteiger partial charge is 0.494 e. The first-order chi connectivity index (χ1) is 8.06. The summed E-state index contributed by atoms with van der Waals surface area (Å²) in [6.45, 7) is 2.19. The molecule has 0 saturated heterocycles. The molecule has 0 bridgehead atoms. The van der Waals surface area contributed by atoms with Crippen molar-refractivity contribution in [2.75, 3.05) is 13.7 Å². The van der Waals surface area contributed by atoms with Gasteiger partial charge in [-0.3, -0.25) is 4.79 Å². The number of carbonyl (C=O) groups is 1. The molecule has 0 radical (unpaired) electrons. The van der Waals surface area contributed by atoms with Crippen molar-refractivity contribution in [3.8, 4) is 5.75 Å². The Morgan fingerprint density at radius 1 is 1.59 bits per heavy atom. The van der Waals surface area contributed by atoms with Crippen LogP contribution in [-0.2, 0) is 11.2 Å². The molecule has 1 rings (SSSR count). The first-order valence-corrected chi connectivity index (χ1v) is 5.38. The number of amides is 1. The lowest BCUT2D eigenvalue weighted by atomic mass is 10.1. The van der Waals surface area contributed by atoms with Gasteiger partial charge in [0.15, 0.2) is 11.6 Å². The molecule has 17 heavy (non-hydrogen) atoms. The maximum absolute atomic E-state index is 13.4. The van der Waals surface area contributed by atoms with E-state index in [0.717, 1.165) is 0 Å². The minimum Gasteiger partial charge on any atom is -0.494 e. The summed E-state index contributed by atoms with van der Waals surface area (Å²) in [7, 11) is 1.40. The Hall–Kier alpha value is -1.62. The number of hydrogen-bond acceptors (Lipinski definition) is 3. The molecule has 0 fully saturated rings. The Morgan fingerprint density at radius 3 is 2.82 bits per heavy atom. The average molecular weight is 240 g/mol. The molecule has 0 saturated carbocycles. The highest BCUT2D eigenvalue weighted by Crippen LogP contribution is 2.17. The molecule has 0 unspecified atom stereocenters. The zero-order chi connectivity index (χ0) is 12.8. The van der Waals surface area contributed by atoms with Crippen molar-refractivity contribution in [3.05, 3.63) is 29.6 Å². The number of carbonyl (C=O) groups excluding carboxylic acids is 1. The summed E-state index contributed by atoms with van der Waals surface area (Å²) in [6, 6.07) is 4.38. The molecule has 4 nitrogen and oxygen atoms in total. The summed E-state index contributed by atoms with van der Waals surface area (Å²) in [5.74, 6) is -0.471. The third kappa shape index (κ3) is 4.03. The molecule has 0 heterocycles. The number of nitrogens with two attached hydrogens (primary N) is 1. The molecule has 3 N–H and O–H groups in total. The Labute approximate surface area is 100.0 Å². The number of ether oxygens (including phenoxy) is 1. The van der Waals surface area contributed by atoms with Gasteiger partial charge in [0.05, 0.1) is 13.5 Å². The normalized spacial score (nSPS) is 12.0. The molecule has 0 aliphatic rings. The highest BCUT2D eigenvalue weighted by Gasteiger charge is 2.09. The second kappa shape index (κ2) is 6.20. The number of methoxy groups -OCH3 is 1. The summed E-state index contributed by atoms with van der Waals surface area (Å²) in [4.78, 5) is 11.5. The quantitative estimate of drug-likeness (QED) is 0.801. The Morgan fingerprint density at radius 2 is 2.29 bits per heavy atom. The average Bonchev–Trinajstić information content (AvgIpc) is 2.29. The van der Waals surface area contributed by atoms with Crippen LogP contribution in [0.15, 0.2) is 18.2 Å². The van der Waals surface area contributed by atoms with Crippen LogP contribution in [0.5, 0.6) is 5.75 Å². The van der Waals surface area contributed by atoms with E-state index in [1.165, 1.54) is 19.2 Å². The third-order valence-electron chi connectivity index (χ3n) is 2.34. The van der Waals surface area contributed by atoms with Crippen LogP contribution in [0.25, 0.3) is 0 Å². The Bertz CT molecular complexity index is 396. The molecule has 0 aromatic heterocycles. The maximum atomic E-state index is 13.4. The molecular weight excluding hydrogens is 223 g/mol. The lowest BCUT2D eigenvalue weighted by molar-refractivity contribution is -0.120. The van der Waals surface area contributed by atoms with Gasteiger partial charge in [-0.05, 0) is 24.6 Å². The molecule has 5 heteroatoms. The van der Waals surface area contributed by atoms with E-state index in [-0.39, 0.29) is 24.1 Å². The van der Waals surface area contributed by atoms with Gasteiger partial charge in [0.1, 0.15) is 0 Å². The lowest BCUT2D eigenvalue weighted by Crippen LogP contribution is -2.38. The fourth-order valence-corrected chi connectivity index (χ4v) is 1.39. The Kier molecular flexibility index (Phi) is 4.90. The van der Waals surface area contributed by atoms with Gasteiger partial charge in [0.25, 0.3) is 0 Å². The van der Waals surface area contributed by atoms with E-state index in [1.807, 2.05) is 6.92 Å². The van der Waals surface area contributed by atoms with E-state index < -0.39 is 5.82 Å². The standard InChI is InChI=1S/C12H17FN2O2/c1-8(7-14)15-12(16)6-9-3-4-11(17-2)10(13)5-9/h3-5,8H,6-7,14H2,1-2H3,(H,15,16)/t8-/m0/s1. The number of halogens is 1. The molecule has 0 aliphatic carbocycles. The van der Waals surface area contributed by atoms with E-state index in [1.54, 1.807) is 6.07 Å². The van der Waals surface area contributed by atoms with Gasteiger partial charge >= 0.3 is 0 Å². The van der Waals surface area contributed by atoms with Gasteiger partial charge in [0.2, 0.25) is 5.91 Å². The van der Waals surface area contributed by atoms with Crippen LogP contribution in [0, 0.1) is 5.82 Å². The SMILES string of the molecule is COc1ccc(CC(=O)N[C@@H](C)CN)cc1F. The third-order valence-corrected chi connectivity index (χ3v) is 2.34. The molecule has 1 aromatic rings. The first kappa shape index (κ1) is 13.4. The van der Waals surface area contributed by atoms with Gasteiger partial charge < -0.3 is 15.8 Å². The van der Waals surface area contributed by atoms with E-state index in [9.17, 15) is 9.18 Å². The minimum absolute atomic E-state index is 0.0782. The van der Waals surface area contributed by atoms with Gasteiger partial charge in [-0.25, -0.2) is 4.39 Å². The van der Waals surface area contributed by atoms with Crippen LogP contribution in [0.1, 0.15) is 12.5 Å². The van der Waals surface area contributed by atoms with Gasteiger partial charge in [-0.1, -0.05) is 6.07 Å². The van der Waals surface area contributed by atoms with E-state index >= 15 is 0 Å². The maximum Gasteiger partial charge on any atom is 0.224 e. The second-order valence-corrected chi connectivity index (χ2v) is 3.85. The van der Waals surface area contributed by atoms with E-state index in [4.69, 9.17) is 10.5 Å². The summed E-state index contributed by atoms with van der Waals surface area (Å²) >= 11 is 0. The van der Waals surface area contributed by atoms with Gasteiger partial charge in [-0.15, -0.1) is 0 Å². The number of hydrogen-bond donors (Lipinski definition) is 2. The Balaban J connectivity index is 2.63. The summed E-state index contributed by atoms with van der Waals surface area (Å²) in [5.41, 5.74) is 5.99. The van der Waals surface area contributed by atoms with Crippen LogP contribution in [-0.4, -0.2) is 25.6 Å². The molecule has 1 aromatic carbocycles. The van der Waals surface area contributed by atoms with Crippen LogP contribution >= 0.6 is 0 Å². The minimum atomic E-state index is -0.468. The van der Waals surface area contributed by atoms with Crippen molar-refractivity contribution in [1.29, 1.82) is 0 Å². The predicted molar refractivity (Wildman–Crippen MR) is 63.3 cm³/mol. The molecular formula is C12H17FN2O2. The van der Waals surface area contributed by atoms with Gasteiger partial charge in [0, 0.05) is 12.6 Å². The zero-order valence-electron chi connectivity index (χ0n) is 10.00. The van der Waals surface area contributed by atoms with E-state index in [0.29, 0.717) is 12.1 Å². The van der Waals surface area contributed by atoms with Crippen LogP contribution in [0.2, 0.25) is 0 Å². The predicted octanol–water partition coefficient (Wildman–Crippen LogP) is 0.840. The fourth-order valence-electron chi connectivity index (χ4n) is 1.39. The summed E-state index contributed by atoms with van der Waals surface area (Å²) < 4.78 is 18.1. The van der Waals surface area contributed by atoms with Gasteiger partial charge in [-0.2, -0.15) is 0 Å². The first-order valence-electron chi connectivity index (χ1n) is 5.38. The monoisotopic (exact) mass is 240 g/mol. The number of rotatable bonds is 5. The van der Waals surface area contributed by atoms with Crippen LogP contribution in [0.4, 0.5) is 4.39 Å². The molecule has 1 atom stereocenters. The van der Waals surface area contributed by atoms with Crippen molar-refractivity contribution >= 4 is 5.91 Å². The van der Waals surface area contributed by atoms with Crippen molar-refractivity contribution in [2.24, 2.45) is 5.73 Å². The molecule has 94 valence electrons.